The highest BCUT2D eigenvalue weighted by atomic mass is 35.5. The predicted molar refractivity (Wildman–Crippen MR) is 32.9 cm³/mol. The summed E-state index contributed by atoms with van der Waals surface area (Å²) in [6.07, 6.45) is 0. The van der Waals surface area contributed by atoms with Crippen molar-refractivity contribution in [2.75, 3.05) is 0 Å². The first-order chi connectivity index (χ1) is 4.34. The van der Waals surface area contributed by atoms with E-state index in [1.165, 1.54) is 12.1 Å². The van der Waals surface area contributed by atoms with Crippen LogP contribution in [0.2, 0.25) is 0 Å². The van der Waals surface area contributed by atoms with Gasteiger partial charge in [0.1, 0.15) is 11.9 Å². The second-order valence-electron chi connectivity index (χ2n) is 1.51. The summed E-state index contributed by atoms with van der Waals surface area (Å²) in [7, 11) is 0. The molecule has 0 heterocycles. The summed E-state index contributed by atoms with van der Waals surface area (Å²) in [6, 6.07) is 5.93. The van der Waals surface area contributed by atoms with Crippen LogP contribution in [-0.4, -0.2) is 0 Å². The molecule has 0 unspecified atom stereocenters. The third kappa shape index (κ3) is 1.33. The van der Waals surface area contributed by atoms with E-state index < -0.39 is 5.82 Å². The van der Waals surface area contributed by atoms with Gasteiger partial charge in [-0.15, -0.1) is 0 Å². The van der Waals surface area contributed by atoms with E-state index in [9.17, 15) is 4.39 Å². The van der Waals surface area contributed by atoms with Crippen molar-refractivity contribution in [3.05, 3.63) is 30.1 Å². The number of hydrogen-bond acceptors (Lipinski definition) is 1. The van der Waals surface area contributed by atoms with Gasteiger partial charge in [-0.05, 0) is 12.1 Å². The van der Waals surface area contributed by atoms with Gasteiger partial charge in [0.2, 0.25) is 0 Å². The Morgan fingerprint density at radius 3 is 2.44 bits per heavy atom. The molecule has 0 fully saturated rings. The molecule has 9 heavy (non-hydrogen) atoms. The van der Waals surface area contributed by atoms with E-state index >= 15 is 0 Å². The first kappa shape index (κ1) is 6.36. The maximum Gasteiger partial charge on any atom is 0.181 e. The molecule has 0 bridgehead atoms. The highest BCUT2D eigenvalue weighted by molar-refractivity contribution is 6.09. The Morgan fingerprint density at radius 1 is 1.33 bits per heavy atom. The molecule has 0 saturated heterocycles. The third-order valence-corrected chi connectivity index (χ3v) is 1.09. The SMILES string of the molecule is Fc1ccccc1OCl. The highest BCUT2D eigenvalue weighted by Gasteiger charge is 1.97. The molecule has 0 radical (unpaired) electrons. The normalized spacial score (nSPS) is 9.11. The quantitative estimate of drug-likeness (QED) is 0.591. The smallest absolute Gasteiger partial charge is 0.181 e. The van der Waals surface area contributed by atoms with Gasteiger partial charge >= 0.3 is 0 Å². The van der Waals surface area contributed by atoms with Gasteiger partial charge in [-0.2, -0.15) is 0 Å². The van der Waals surface area contributed by atoms with Gasteiger partial charge < -0.3 is 4.29 Å². The van der Waals surface area contributed by atoms with Crippen LogP contribution in [0.15, 0.2) is 24.3 Å². The first-order valence-corrected chi connectivity index (χ1v) is 2.68. The molecule has 0 aliphatic rings. The monoisotopic (exact) mass is 146 g/mol. The summed E-state index contributed by atoms with van der Waals surface area (Å²) >= 11 is 4.89. The van der Waals surface area contributed by atoms with Crippen LogP contribution in [0.1, 0.15) is 0 Å². The lowest BCUT2D eigenvalue weighted by molar-refractivity contribution is 0.529. The molecule has 48 valence electrons. The number of benzene rings is 1. The van der Waals surface area contributed by atoms with E-state index in [2.05, 4.69) is 4.29 Å². The predicted octanol–water partition coefficient (Wildman–Crippen LogP) is 2.36. The van der Waals surface area contributed by atoms with Crippen LogP contribution in [0.5, 0.6) is 5.75 Å². The Bertz CT molecular complexity index is 202. The van der Waals surface area contributed by atoms with Crippen LogP contribution in [0.4, 0.5) is 4.39 Å². The van der Waals surface area contributed by atoms with Gasteiger partial charge in [-0.1, -0.05) is 12.1 Å². The second-order valence-corrected chi connectivity index (χ2v) is 1.66. The Hall–Kier alpha value is -0.760. The van der Waals surface area contributed by atoms with E-state index in [-0.39, 0.29) is 5.75 Å². The lowest BCUT2D eigenvalue weighted by atomic mass is 10.3. The molecule has 0 atom stereocenters. The number of para-hydroxylation sites is 1. The fraction of sp³-hybridized carbons (Fsp3) is 0. The minimum Gasteiger partial charge on any atom is -0.382 e. The zero-order valence-corrected chi connectivity index (χ0v) is 5.23. The van der Waals surface area contributed by atoms with Crippen molar-refractivity contribution in [2.45, 2.75) is 0 Å². The molecule has 0 spiro atoms. The molecule has 0 aliphatic heterocycles. The standard InChI is InChI=1S/C6H4ClFO/c7-9-6-4-2-1-3-5(6)8/h1-4H. The van der Waals surface area contributed by atoms with Gasteiger partial charge in [0.15, 0.2) is 11.6 Å². The fourth-order valence-corrected chi connectivity index (χ4v) is 0.632. The molecule has 0 aromatic heterocycles. The molecular weight excluding hydrogens is 143 g/mol. The summed E-state index contributed by atoms with van der Waals surface area (Å²) in [6.45, 7) is 0. The van der Waals surface area contributed by atoms with E-state index in [1.807, 2.05) is 0 Å². The van der Waals surface area contributed by atoms with Gasteiger partial charge in [-0.3, -0.25) is 0 Å². The van der Waals surface area contributed by atoms with Crippen LogP contribution in [0.3, 0.4) is 0 Å². The van der Waals surface area contributed by atoms with Gasteiger partial charge in [-0.25, -0.2) is 4.39 Å². The number of rotatable bonds is 1. The van der Waals surface area contributed by atoms with Gasteiger partial charge in [0.25, 0.3) is 0 Å². The molecule has 3 heteroatoms. The summed E-state index contributed by atoms with van der Waals surface area (Å²) in [4.78, 5) is 0. The second kappa shape index (κ2) is 2.69. The van der Waals surface area contributed by atoms with E-state index in [4.69, 9.17) is 11.9 Å². The molecule has 0 saturated carbocycles. The summed E-state index contributed by atoms with van der Waals surface area (Å²) < 4.78 is 16.5. The van der Waals surface area contributed by atoms with Crippen molar-refractivity contribution >= 4 is 11.9 Å². The number of halogens is 2. The Morgan fingerprint density at radius 2 is 2.00 bits per heavy atom. The van der Waals surface area contributed by atoms with E-state index in [0.29, 0.717) is 0 Å². The van der Waals surface area contributed by atoms with Crippen LogP contribution in [0.25, 0.3) is 0 Å². The molecule has 0 aliphatic carbocycles. The molecule has 1 rings (SSSR count). The fourth-order valence-electron chi connectivity index (χ4n) is 0.507. The zero-order chi connectivity index (χ0) is 6.69. The van der Waals surface area contributed by atoms with Crippen LogP contribution in [-0.2, 0) is 0 Å². The van der Waals surface area contributed by atoms with Crippen molar-refractivity contribution < 1.29 is 8.68 Å². The average Bonchev–Trinajstić information content (AvgIpc) is 1.89. The molecule has 0 amide bonds. The van der Waals surface area contributed by atoms with Crippen molar-refractivity contribution in [1.29, 1.82) is 0 Å². The van der Waals surface area contributed by atoms with E-state index in [0.717, 1.165) is 0 Å². The van der Waals surface area contributed by atoms with Crippen LogP contribution < -0.4 is 4.29 Å². The van der Waals surface area contributed by atoms with Gasteiger partial charge in [0.05, 0.1) is 0 Å². The van der Waals surface area contributed by atoms with Crippen LogP contribution >= 0.6 is 11.9 Å². The Labute approximate surface area is 57.2 Å². The van der Waals surface area contributed by atoms with Gasteiger partial charge in [0, 0.05) is 0 Å². The average molecular weight is 147 g/mol. The maximum atomic E-state index is 12.4. The van der Waals surface area contributed by atoms with E-state index in [1.54, 1.807) is 12.1 Å². The zero-order valence-electron chi connectivity index (χ0n) is 4.47. The molecule has 1 aromatic carbocycles. The lowest BCUT2D eigenvalue weighted by Gasteiger charge is -1.93. The highest BCUT2D eigenvalue weighted by Crippen LogP contribution is 2.15. The molecule has 0 N–H and O–H groups in total. The van der Waals surface area contributed by atoms with Crippen molar-refractivity contribution in [3.63, 3.8) is 0 Å². The summed E-state index contributed by atoms with van der Waals surface area (Å²) in [5.74, 6) is -0.397. The number of hydrogen-bond donors (Lipinski definition) is 0. The minimum atomic E-state index is -0.451. The van der Waals surface area contributed by atoms with Crippen molar-refractivity contribution in [3.8, 4) is 5.75 Å². The maximum absolute atomic E-state index is 12.4. The topological polar surface area (TPSA) is 9.23 Å². The van der Waals surface area contributed by atoms with Crippen LogP contribution in [0, 0.1) is 5.82 Å². The largest absolute Gasteiger partial charge is 0.382 e. The van der Waals surface area contributed by atoms with Crippen molar-refractivity contribution in [2.24, 2.45) is 0 Å². The molecule has 1 nitrogen and oxygen atoms in total. The van der Waals surface area contributed by atoms with Crippen molar-refractivity contribution in [1.82, 2.24) is 0 Å². The summed E-state index contributed by atoms with van der Waals surface area (Å²) in [5, 5.41) is 0. The third-order valence-electron chi connectivity index (χ3n) is 0.920. The molecule has 1 aromatic rings. The molecular formula is C6H4ClFO. The summed E-state index contributed by atoms with van der Waals surface area (Å²) in [5.41, 5.74) is 0. The Balaban J connectivity index is 3.01. The minimum absolute atomic E-state index is 0.0548. The lowest BCUT2D eigenvalue weighted by Crippen LogP contribution is -1.78. The Kier molecular flexibility index (Phi) is 1.90. The first-order valence-electron chi connectivity index (χ1n) is 2.37.